The Labute approximate surface area is 327 Å². The lowest BCUT2D eigenvalue weighted by Gasteiger charge is -2.24. The largest absolute Gasteiger partial charge is 0.472 e. The second kappa shape index (κ2) is 27.9. The molecule has 0 aliphatic rings. The lowest BCUT2D eigenvalue weighted by atomic mass is 10.0. The molecule has 306 valence electrons. The van der Waals surface area contributed by atoms with Crippen LogP contribution in [0.5, 0.6) is 0 Å². The van der Waals surface area contributed by atoms with Gasteiger partial charge in [-0.2, -0.15) is 0 Å². The van der Waals surface area contributed by atoms with Gasteiger partial charge in [0.15, 0.2) is 6.10 Å². The van der Waals surface area contributed by atoms with Gasteiger partial charge in [-0.15, -0.1) is 0 Å². The van der Waals surface area contributed by atoms with Crippen LogP contribution in [0.2, 0.25) is 0 Å². The van der Waals surface area contributed by atoms with Crippen LogP contribution in [0.15, 0.2) is 48.5 Å². The van der Waals surface area contributed by atoms with Crippen LogP contribution in [0.3, 0.4) is 0 Å². The fourth-order valence-corrected chi connectivity index (χ4v) is 6.81. The molecule has 0 amide bonds. The minimum absolute atomic E-state index is 0.0182. The smallest absolute Gasteiger partial charge is 0.462 e. The first-order chi connectivity index (χ1) is 25.9. The van der Waals surface area contributed by atoms with Gasteiger partial charge in [0, 0.05) is 12.8 Å². The van der Waals surface area contributed by atoms with Crippen LogP contribution in [0, 0.1) is 0 Å². The van der Waals surface area contributed by atoms with E-state index in [0.717, 1.165) is 51.4 Å². The van der Waals surface area contributed by atoms with Gasteiger partial charge in [-0.25, -0.2) is 4.57 Å². The van der Waals surface area contributed by atoms with Gasteiger partial charge in [0.05, 0.1) is 27.7 Å². The molecular weight excluding hydrogens is 701 g/mol. The topological polar surface area (TPSA) is 108 Å². The Bertz CT molecular complexity index is 1330. The summed E-state index contributed by atoms with van der Waals surface area (Å²) in [5.74, 6) is -0.866. The van der Waals surface area contributed by atoms with E-state index in [2.05, 4.69) is 62.4 Å². The number of carbonyl (C=O) groups is 2. The second-order valence-electron chi connectivity index (χ2n) is 15.8. The molecule has 9 nitrogen and oxygen atoms in total. The summed E-state index contributed by atoms with van der Waals surface area (Å²) in [5.41, 5.74) is 5.38. The molecule has 0 aliphatic heterocycles. The van der Waals surface area contributed by atoms with E-state index in [1.165, 1.54) is 73.6 Å². The predicted molar refractivity (Wildman–Crippen MR) is 218 cm³/mol. The molecule has 0 aliphatic carbocycles. The van der Waals surface area contributed by atoms with Crippen molar-refractivity contribution in [3.05, 3.63) is 70.8 Å². The third kappa shape index (κ3) is 24.8. The van der Waals surface area contributed by atoms with Crippen LogP contribution in [-0.2, 0) is 58.4 Å². The van der Waals surface area contributed by atoms with E-state index in [1.54, 1.807) is 0 Å². The number of aryl methyl sites for hydroxylation is 4. The van der Waals surface area contributed by atoms with Gasteiger partial charge in [0.1, 0.15) is 19.8 Å². The van der Waals surface area contributed by atoms with Crippen molar-refractivity contribution in [3.63, 3.8) is 0 Å². The Morgan fingerprint density at radius 1 is 0.593 bits per heavy atom. The highest BCUT2D eigenvalue weighted by molar-refractivity contribution is 7.47. The van der Waals surface area contributed by atoms with Gasteiger partial charge in [0.25, 0.3) is 0 Å². The first kappa shape index (κ1) is 47.6. The van der Waals surface area contributed by atoms with E-state index in [1.807, 2.05) is 21.1 Å². The summed E-state index contributed by atoms with van der Waals surface area (Å²) in [5, 5.41) is 0. The van der Waals surface area contributed by atoms with E-state index in [4.69, 9.17) is 18.5 Å². The van der Waals surface area contributed by atoms with Crippen LogP contribution in [0.25, 0.3) is 0 Å². The van der Waals surface area contributed by atoms with Crippen molar-refractivity contribution in [2.24, 2.45) is 0 Å². The zero-order chi connectivity index (χ0) is 39.5. The first-order valence-electron chi connectivity index (χ1n) is 20.8. The lowest BCUT2D eigenvalue weighted by Crippen LogP contribution is -2.37. The van der Waals surface area contributed by atoms with Crippen molar-refractivity contribution >= 4 is 19.8 Å². The second-order valence-corrected chi connectivity index (χ2v) is 17.2. The number of phosphoric ester groups is 1. The van der Waals surface area contributed by atoms with Crippen molar-refractivity contribution in [2.75, 3.05) is 47.5 Å². The molecule has 0 saturated heterocycles. The Morgan fingerprint density at radius 3 is 1.41 bits per heavy atom. The molecule has 2 aromatic rings. The maximum absolute atomic E-state index is 12.8. The third-order valence-corrected chi connectivity index (χ3v) is 10.5. The van der Waals surface area contributed by atoms with E-state index in [-0.39, 0.29) is 26.1 Å². The van der Waals surface area contributed by atoms with Crippen LogP contribution in [-0.4, -0.2) is 74.9 Å². The quantitative estimate of drug-likeness (QED) is 0.0339. The molecule has 0 saturated carbocycles. The summed E-state index contributed by atoms with van der Waals surface area (Å²) in [7, 11) is 1.43. The molecular formula is C44H73NO8P+. The Balaban J connectivity index is 1.74. The maximum atomic E-state index is 12.8. The van der Waals surface area contributed by atoms with Crippen LogP contribution in [0.1, 0.15) is 139 Å². The number of quaternary nitrogens is 1. The molecule has 0 fully saturated rings. The zero-order valence-electron chi connectivity index (χ0n) is 34.4. The molecule has 0 spiro atoms. The number of hydrogen-bond acceptors (Lipinski definition) is 7. The average molecular weight is 775 g/mol. The van der Waals surface area contributed by atoms with Crippen molar-refractivity contribution in [3.8, 4) is 0 Å². The molecule has 0 heterocycles. The highest BCUT2D eigenvalue weighted by atomic mass is 31.2. The molecule has 54 heavy (non-hydrogen) atoms. The van der Waals surface area contributed by atoms with Crippen molar-refractivity contribution in [1.82, 2.24) is 0 Å². The highest BCUT2D eigenvalue weighted by Crippen LogP contribution is 2.43. The van der Waals surface area contributed by atoms with Gasteiger partial charge in [-0.05, 0) is 86.5 Å². The summed E-state index contributed by atoms with van der Waals surface area (Å²) < 4.78 is 34.4. The Morgan fingerprint density at radius 2 is 1.00 bits per heavy atom. The number of unbranched alkanes of at least 4 members (excludes halogenated alkanes) is 10. The molecule has 0 radical (unpaired) electrons. The lowest BCUT2D eigenvalue weighted by molar-refractivity contribution is -0.870. The van der Waals surface area contributed by atoms with Crippen LogP contribution in [0.4, 0.5) is 0 Å². The van der Waals surface area contributed by atoms with Crippen LogP contribution >= 0.6 is 7.82 Å². The summed E-state index contributed by atoms with van der Waals surface area (Å²) in [6.45, 7) is 4.29. The summed E-state index contributed by atoms with van der Waals surface area (Å²) >= 11 is 0. The number of rotatable bonds is 32. The number of carbonyl (C=O) groups excluding carboxylic acids is 2. The third-order valence-electron chi connectivity index (χ3n) is 9.55. The molecule has 2 atom stereocenters. The average Bonchev–Trinajstić information content (AvgIpc) is 3.13. The molecule has 2 aromatic carbocycles. The number of likely N-dealkylation sites (N-methyl/N-ethyl adjacent to an activating group) is 1. The molecule has 0 bridgehead atoms. The normalized spacial score (nSPS) is 13.4. The number of ether oxygens (including phenoxy) is 2. The van der Waals surface area contributed by atoms with E-state index in [0.29, 0.717) is 23.9 Å². The van der Waals surface area contributed by atoms with Gasteiger partial charge in [0.2, 0.25) is 0 Å². The predicted octanol–water partition coefficient (Wildman–Crippen LogP) is 10.1. The number of esters is 2. The number of phosphoric acid groups is 1. The summed E-state index contributed by atoms with van der Waals surface area (Å²) in [6.07, 6.45) is 18.7. The van der Waals surface area contributed by atoms with Gasteiger partial charge >= 0.3 is 19.8 Å². The van der Waals surface area contributed by atoms with Gasteiger partial charge in [-0.1, -0.05) is 114 Å². The number of benzene rings is 2. The first-order valence-corrected chi connectivity index (χ1v) is 22.3. The molecule has 1 unspecified atom stereocenters. The van der Waals surface area contributed by atoms with E-state index in [9.17, 15) is 19.0 Å². The Kier molecular flexibility index (Phi) is 24.6. The Hall–Kier alpha value is -2.55. The zero-order valence-corrected chi connectivity index (χ0v) is 35.3. The molecule has 1 N–H and O–H groups in total. The SMILES string of the molecule is CCCCCCc1ccc(CCCCCC(=O)OC[C@H](COP(=O)(O)OCC[N+](C)(C)C)OC(=O)CCCCCc2ccc(CCCCCC)cc2)cc1. The minimum Gasteiger partial charge on any atom is -0.462 e. The van der Waals surface area contributed by atoms with Crippen molar-refractivity contribution < 1.29 is 42.1 Å². The fourth-order valence-electron chi connectivity index (χ4n) is 6.07. The monoisotopic (exact) mass is 775 g/mol. The van der Waals surface area contributed by atoms with E-state index < -0.39 is 32.5 Å². The number of nitrogens with zero attached hydrogens (tertiary/aromatic N) is 1. The molecule has 0 aromatic heterocycles. The van der Waals surface area contributed by atoms with Crippen LogP contribution < -0.4 is 0 Å². The fraction of sp³-hybridized carbons (Fsp3) is 0.682. The minimum atomic E-state index is -4.40. The van der Waals surface area contributed by atoms with Gasteiger partial charge in [-0.3, -0.25) is 18.6 Å². The summed E-state index contributed by atoms with van der Waals surface area (Å²) in [6, 6.07) is 17.7. The van der Waals surface area contributed by atoms with Crippen molar-refractivity contribution in [1.29, 1.82) is 0 Å². The summed E-state index contributed by atoms with van der Waals surface area (Å²) in [4.78, 5) is 35.6. The molecule has 10 heteroatoms. The standard InChI is InChI=1S/C44H72NO8P/c1-6-8-10-14-20-38-26-30-40(31-27-38)22-16-12-18-24-43(46)50-36-42(37-52-54(48,49)51-35-34-45(3,4)5)53-44(47)25-19-13-17-23-41-32-28-39(29-33-41)21-15-11-9-7-2/h26-33,42H,6-25,34-37H2,1-5H3/p+1/t42-/m1/s1. The van der Waals surface area contributed by atoms with Gasteiger partial charge < -0.3 is 18.9 Å². The molecule has 2 rings (SSSR count). The number of hydrogen-bond donors (Lipinski definition) is 1. The van der Waals surface area contributed by atoms with E-state index >= 15 is 0 Å². The maximum Gasteiger partial charge on any atom is 0.472 e. The van der Waals surface area contributed by atoms with Crippen molar-refractivity contribution in [2.45, 2.75) is 148 Å². The highest BCUT2D eigenvalue weighted by Gasteiger charge is 2.27.